The van der Waals surface area contributed by atoms with Crippen molar-refractivity contribution < 1.29 is 4.79 Å². The predicted octanol–water partition coefficient (Wildman–Crippen LogP) is 3.82. The lowest BCUT2D eigenvalue weighted by Crippen LogP contribution is -2.35. The zero-order valence-electron chi connectivity index (χ0n) is 11.6. The van der Waals surface area contributed by atoms with Crippen molar-refractivity contribution in [3.8, 4) is 0 Å². The van der Waals surface area contributed by atoms with Crippen molar-refractivity contribution in [1.82, 2.24) is 0 Å². The quantitative estimate of drug-likeness (QED) is 0.754. The molecule has 1 aromatic rings. The highest BCUT2D eigenvalue weighted by Crippen LogP contribution is 2.30. The normalized spacial score (nSPS) is 23.7. The van der Waals surface area contributed by atoms with Crippen LogP contribution in [0.15, 0.2) is 18.2 Å². The Kier molecular flexibility index (Phi) is 4.05. The van der Waals surface area contributed by atoms with Crippen molar-refractivity contribution in [3.05, 3.63) is 29.3 Å². The number of rotatable bonds is 3. The van der Waals surface area contributed by atoms with E-state index in [0.717, 1.165) is 17.8 Å². The Bertz CT molecular complexity index is 419. The van der Waals surface area contributed by atoms with Crippen molar-refractivity contribution in [3.63, 3.8) is 0 Å². The Morgan fingerprint density at radius 2 is 1.89 bits per heavy atom. The topological polar surface area (TPSA) is 20.3 Å². The van der Waals surface area contributed by atoms with Crippen LogP contribution in [-0.2, 0) is 0 Å². The first-order valence-electron chi connectivity index (χ1n) is 6.90. The van der Waals surface area contributed by atoms with Crippen LogP contribution in [0.3, 0.4) is 0 Å². The standard InChI is InChI=1S/C16H23NO/c1-12-4-7-15(8-5-12)17(3)16-9-6-14(11-18)10-13(16)2/h6,9-12,15H,4-5,7-8H2,1-3H3. The second-order valence-electron chi connectivity index (χ2n) is 5.69. The molecule has 1 aliphatic carbocycles. The number of benzene rings is 1. The molecular formula is C16H23NO. The molecule has 2 heteroatoms. The van der Waals surface area contributed by atoms with Crippen LogP contribution in [0.1, 0.15) is 48.5 Å². The molecule has 0 spiro atoms. The third-order valence-electron chi connectivity index (χ3n) is 4.27. The molecule has 0 saturated heterocycles. The number of carbonyl (C=O) groups is 1. The third-order valence-corrected chi connectivity index (χ3v) is 4.27. The second-order valence-corrected chi connectivity index (χ2v) is 5.69. The first-order chi connectivity index (χ1) is 8.61. The number of anilines is 1. The van der Waals surface area contributed by atoms with Gasteiger partial charge in [-0.15, -0.1) is 0 Å². The van der Waals surface area contributed by atoms with Crippen molar-refractivity contribution in [2.24, 2.45) is 5.92 Å². The average molecular weight is 245 g/mol. The molecule has 2 rings (SSSR count). The summed E-state index contributed by atoms with van der Waals surface area (Å²) in [6.45, 7) is 4.44. The molecule has 0 N–H and O–H groups in total. The molecule has 1 saturated carbocycles. The van der Waals surface area contributed by atoms with Gasteiger partial charge in [0.2, 0.25) is 0 Å². The lowest BCUT2D eigenvalue weighted by molar-refractivity contribution is 0.112. The van der Waals surface area contributed by atoms with E-state index < -0.39 is 0 Å². The summed E-state index contributed by atoms with van der Waals surface area (Å²) in [7, 11) is 2.18. The van der Waals surface area contributed by atoms with E-state index in [2.05, 4.69) is 31.9 Å². The smallest absolute Gasteiger partial charge is 0.150 e. The molecule has 1 fully saturated rings. The highest BCUT2D eigenvalue weighted by Gasteiger charge is 2.22. The molecule has 0 aromatic heterocycles. The minimum Gasteiger partial charge on any atom is -0.371 e. The van der Waals surface area contributed by atoms with Crippen molar-refractivity contribution in [2.45, 2.75) is 45.6 Å². The molecule has 98 valence electrons. The van der Waals surface area contributed by atoms with E-state index in [0.29, 0.717) is 6.04 Å². The number of hydrogen-bond acceptors (Lipinski definition) is 2. The highest BCUT2D eigenvalue weighted by atomic mass is 16.1. The van der Waals surface area contributed by atoms with E-state index >= 15 is 0 Å². The van der Waals surface area contributed by atoms with Crippen LogP contribution < -0.4 is 4.90 Å². The van der Waals surface area contributed by atoms with Gasteiger partial charge in [0.15, 0.2) is 0 Å². The van der Waals surface area contributed by atoms with Gasteiger partial charge in [-0.05, 0) is 62.3 Å². The van der Waals surface area contributed by atoms with Crippen LogP contribution in [0.25, 0.3) is 0 Å². The largest absolute Gasteiger partial charge is 0.371 e. The Morgan fingerprint density at radius 1 is 1.22 bits per heavy atom. The van der Waals surface area contributed by atoms with E-state index in [1.165, 1.54) is 36.9 Å². The molecule has 18 heavy (non-hydrogen) atoms. The van der Waals surface area contributed by atoms with Crippen LogP contribution in [0.4, 0.5) is 5.69 Å². The molecule has 1 aromatic carbocycles. The summed E-state index contributed by atoms with van der Waals surface area (Å²) in [4.78, 5) is 13.2. The highest BCUT2D eigenvalue weighted by molar-refractivity contribution is 5.77. The van der Waals surface area contributed by atoms with E-state index in [1.54, 1.807) is 0 Å². The van der Waals surface area contributed by atoms with Crippen LogP contribution in [0.5, 0.6) is 0 Å². The van der Waals surface area contributed by atoms with E-state index in [9.17, 15) is 4.79 Å². The van der Waals surface area contributed by atoms with Crippen molar-refractivity contribution in [2.75, 3.05) is 11.9 Å². The maximum absolute atomic E-state index is 10.8. The molecule has 0 aliphatic heterocycles. The molecular weight excluding hydrogens is 222 g/mol. The lowest BCUT2D eigenvalue weighted by Gasteiger charge is -2.36. The van der Waals surface area contributed by atoms with Gasteiger partial charge in [-0.1, -0.05) is 6.92 Å². The lowest BCUT2D eigenvalue weighted by atomic mass is 9.86. The summed E-state index contributed by atoms with van der Waals surface area (Å²) in [6, 6.07) is 6.63. The third kappa shape index (κ3) is 2.74. The van der Waals surface area contributed by atoms with Crippen LogP contribution in [0.2, 0.25) is 0 Å². The van der Waals surface area contributed by atoms with E-state index in [-0.39, 0.29) is 0 Å². The first-order valence-corrected chi connectivity index (χ1v) is 6.90. The van der Waals surface area contributed by atoms with E-state index in [4.69, 9.17) is 0 Å². The monoisotopic (exact) mass is 245 g/mol. The summed E-state index contributed by atoms with van der Waals surface area (Å²) in [5, 5.41) is 0. The average Bonchev–Trinajstić information content (AvgIpc) is 2.38. The summed E-state index contributed by atoms with van der Waals surface area (Å²) >= 11 is 0. The Hall–Kier alpha value is -1.31. The van der Waals surface area contributed by atoms with Gasteiger partial charge in [-0.25, -0.2) is 0 Å². The number of aryl methyl sites for hydroxylation is 1. The Labute approximate surface area is 110 Å². The summed E-state index contributed by atoms with van der Waals surface area (Å²) in [6.07, 6.45) is 6.15. The Morgan fingerprint density at radius 3 is 2.44 bits per heavy atom. The predicted molar refractivity (Wildman–Crippen MR) is 76.4 cm³/mol. The summed E-state index contributed by atoms with van der Waals surface area (Å²) in [5.74, 6) is 0.883. The van der Waals surface area contributed by atoms with Crippen LogP contribution in [0, 0.1) is 12.8 Å². The zero-order chi connectivity index (χ0) is 13.1. The number of aldehydes is 1. The van der Waals surface area contributed by atoms with Crippen molar-refractivity contribution in [1.29, 1.82) is 0 Å². The van der Waals surface area contributed by atoms with Gasteiger partial charge >= 0.3 is 0 Å². The second kappa shape index (κ2) is 5.55. The summed E-state index contributed by atoms with van der Waals surface area (Å²) in [5.41, 5.74) is 3.22. The minimum atomic E-state index is 0.655. The first kappa shape index (κ1) is 13.1. The maximum Gasteiger partial charge on any atom is 0.150 e. The number of hydrogen-bond donors (Lipinski definition) is 0. The fraction of sp³-hybridized carbons (Fsp3) is 0.562. The van der Waals surface area contributed by atoms with Crippen LogP contribution >= 0.6 is 0 Å². The summed E-state index contributed by atoms with van der Waals surface area (Å²) < 4.78 is 0. The van der Waals surface area contributed by atoms with Gasteiger partial charge < -0.3 is 4.90 Å². The molecule has 2 nitrogen and oxygen atoms in total. The van der Waals surface area contributed by atoms with Gasteiger partial charge in [0, 0.05) is 24.3 Å². The Balaban J connectivity index is 2.13. The molecule has 0 heterocycles. The maximum atomic E-state index is 10.8. The van der Waals surface area contributed by atoms with Crippen LogP contribution in [-0.4, -0.2) is 19.4 Å². The zero-order valence-corrected chi connectivity index (χ0v) is 11.6. The molecule has 0 atom stereocenters. The SMILES string of the molecule is Cc1cc(C=O)ccc1N(C)C1CCC(C)CC1. The van der Waals surface area contributed by atoms with Gasteiger partial charge in [0.1, 0.15) is 6.29 Å². The fourth-order valence-corrected chi connectivity index (χ4v) is 2.97. The molecule has 0 unspecified atom stereocenters. The van der Waals surface area contributed by atoms with Gasteiger partial charge in [-0.2, -0.15) is 0 Å². The minimum absolute atomic E-state index is 0.655. The van der Waals surface area contributed by atoms with Gasteiger partial charge in [-0.3, -0.25) is 4.79 Å². The molecule has 0 bridgehead atoms. The van der Waals surface area contributed by atoms with Gasteiger partial charge in [0.25, 0.3) is 0 Å². The fourth-order valence-electron chi connectivity index (χ4n) is 2.97. The van der Waals surface area contributed by atoms with Crippen molar-refractivity contribution >= 4 is 12.0 Å². The number of nitrogens with zero attached hydrogens (tertiary/aromatic N) is 1. The van der Waals surface area contributed by atoms with Gasteiger partial charge in [0.05, 0.1) is 0 Å². The number of carbonyl (C=O) groups excluding carboxylic acids is 1. The molecule has 0 radical (unpaired) electrons. The van der Waals surface area contributed by atoms with E-state index in [1.807, 2.05) is 12.1 Å². The molecule has 1 aliphatic rings. The molecule has 0 amide bonds.